The van der Waals surface area contributed by atoms with E-state index in [-0.39, 0.29) is 39.4 Å². The first kappa shape index (κ1) is 21.5. The number of piperidine rings is 1. The summed E-state index contributed by atoms with van der Waals surface area (Å²) < 4.78 is 29.4. The van der Waals surface area contributed by atoms with Crippen LogP contribution in [0.2, 0.25) is 0 Å². The molecule has 172 valence electrons. The number of nitrogens with one attached hydrogen (secondary N) is 2. The number of likely N-dealkylation sites (tertiary alicyclic amines) is 1. The fourth-order valence-corrected chi connectivity index (χ4v) is 7.36. The summed E-state index contributed by atoms with van der Waals surface area (Å²) in [6.45, 7) is 1.69. The summed E-state index contributed by atoms with van der Waals surface area (Å²) in [6.07, 6.45) is 6.63. The Morgan fingerprint density at radius 1 is 1.06 bits per heavy atom. The van der Waals surface area contributed by atoms with Gasteiger partial charge in [0, 0.05) is 37.3 Å². The summed E-state index contributed by atoms with van der Waals surface area (Å²) in [6, 6.07) is 6.84. The Hall–Kier alpha value is -2.33. The average Bonchev–Trinajstić information content (AvgIpc) is 3.33. The number of carbonyl (C=O) groups is 1. The molecule has 2 atom stereocenters. The number of nitrogens with zero attached hydrogens (tertiary/aromatic N) is 2. The van der Waals surface area contributed by atoms with Crippen LogP contribution in [0.3, 0.4) is 0 Å². The molecule has 2 amide bonds. The second kappa shape index (κ2) is 8.55. The number of fused-ring (bicyclic) bond motifs is 4. The minimum atomic E-state index is -3.78. The van der Waals surface area contributed by atoms with Gasteiger partial charge in [-0.3, -0.25) is 9.52 Å². The Morgan fingerprint density at radius 3 is 2.62 bits per heavy atom. The number of anilines is 1. The van der Waals surface area contributed by atoms with Crippen LogP contribution in [0.4, 0.5) is 10.5 Å². The number of hydrogen-bond donors (Lipinski definition) is 2. The Labute approximate surface area is 191 Å². The quantitative estimate of drug-likeness (QED) is 0.708. The third kappa shape index (κ3) is 4.17. The zero-order valence-corrected chi connectivity index (χ0v) is 19.5. The van der Waals surface area contributed by atoms with Crippen LogP contribution in [0.15, 0.2) is 38.6 Å². The topological polar surface area (TPSA) is 101 Å². The summed E-state index contributed by atoms with van der Waals surface area (Å²) in [4.78, 5) is 27.9. The third-order valence-electron chi connectivity index (χ3n) is 6.83. The van der Waals surface area contributed by atoms with Gasteiger partial charge < -0.3 is 14.8 Å². The first-order valence-corrected chi connectivity index (χ1v) is 13.6. The van der Waals surface area contributed by atoms with E-state index in [2.05, 4.69) is 10.0 Å². The first-order chi connectivity index (χ1) is 15.4. The summed E-state index contributed by atoms with van der Waals surface area (Å²) in [7, 11) is -3.78. The van der Waals surface area contributed by atoms with Gasteiger partial charge in [0.15, 0.2) is 0 Å². The highest BCUT2D eigenvalue weighted by Crippen LogP contribution is 2.35. The van der Waals surface area contributed by atoms with E-state index in [0.717, 1.165) is 36.3 Å². The lowest BCUT2D eigenvalue weighted by atomic mass is 9.83. The van der Waals surface area contributed by atoms with Crippen molar-refractivity contribution in [2.24, 2.45) is 5.92 Å². The molecule has 0 aromatic carbocycles. The number of rotatable bonds is 4. The van der Waals surface area contributed by atoms with Gasteiger partial charge in [0.05, 0.1) is 0 Å². The molecule has 2 fully saturated rings. The Kier molecular flexibility index (Phi) is 5.75. The van der Waals surface area contributed by atoms with Crippen LogP contribution in [0.5, 0.6) is 0 Å². The molecule has 2 aliphatic heterocycles. The molecule has 0 spiro atoms. The summed E-state index contributed by atoms with van der Waals surface area (Å²) in [5.74, 6) is 0.260. The first-order valence-electron chi connectivity index (χ1n) is 11.3. The molecule has 0 radical (unpaired) electrons. The molecule has 0 unspecified atom stereocenters. The Balaban J connectivity index is 1.33. The number of amides is 2. The zero-order chi connectivity index (χ0) is 22.3. The molecule has 1 saturated heterocycles. The van der Waals surface area contributed by atoms with Crippen molar-refractivity contribution in [3.8, 4) is 0 Å². The Morgan fingerprint density at radius 2 is 1.88 bits per heavy atom. The average molecular weight is 477 g/mol. The molecule has 2 aromatic rings. The van der Waals surface area contributed by atoms with Crippen LogP contribution in [0.25, 0.3) is 0 Å². The van der Waals surface area contributed by atoms with E-state index in [9.17, 15) is 18.0 Å². The van der Waals surface area contributed by atoms with Gasteiger partial charge in [-0.05, 0) is 48.8 Å². The monoisotopic (exact) mass is 476 g/mol. The lowest BCUT2D eigenvalue weighted by molar-refractivity contribution is 0.127. The van der Waals surface area contributed by atoms with Crippen LogP contribution in [-0.4, -0.2) is 43.0 Å². The minimum absolute atomic E-state index is 0.00252. The molecular formula is C22H28N4O4S2. The fraction of sp³-hybridized carbons (Fsp3) is 0.545. The van der Waals surface area contributed by atoms with Gasteiger partial charge in [0.1, 0.15) is 9.90 Å². The number of thiophene rings is 1. The van der Waals surface area contributed by atoms with E-state index in [1.807, 2.05) is 11.0 Å². The molecule has 10 heteroatoms. The zero-order valence-electron chi connectivity index (χ0n) is 17.8. The van der Waals surface area contributed by atoms with Crippen molar-refractivity contribution in [1.82, 2.24) is 14.8 Å². The van der Waals surface area contributed by atoms with Crippen molar-refractivity contribution in [3.05, 3.63) is 45.7 Å². The van der Waals surface area contributed by atoms with Crippen molar-refractivity contribution in [2.45, 2.75) is 61.2 Å². The highest BCUT2D eigenvalue weighted by Gasteiger charge is 2.37. The lowest BCUT2D eigenvalue weighted by Crippen LogP contribution is -2.53. The van der Waals surface area contributed by atoms with E-state index in [1.54, 1.807) is 22.1 Å². The molecule has 3 aliphatic rings. The SMILES string of the molecule is O=C(NC1CCCCC1)N1C[C@@H]2C[C@H](C1)c1ccc(NS(=O)(=O)c3cccs3)c(=O)n1C2. The number of sulfonamides is 1. The van der Waals surface area contributed by atoms with E-state index in [1.165, 1.54) is 25.3 Å². The van der Waals surface area contributed by atoms with Gasteiger partial charge >= 0.3 is 6.03 Å². The predicted molar refractivity (Wildman–Crippen MR) is 124 cm³/mol. The molecule has 1 saturated carbocycles. The third-order valence-corrected chi connectivity index (χ3v) is 9.59. The maximum absolute atomic E-state index is 13.1. The maximum atomic E-state index is 13.1. The summed E-state index contributed by atoms with van der Waals surface area (Å²) >= 11 is 1.11. The number of carbonyl (C=O) groups excluding carboxylic acids is 1. The molecular weight excluding hydrogens is 448 g/mol. The molecule has 32 heavy (non-hydrogen) atoms. The molecule has 2 bridgehead atoms. The molecule has 1 aliphatic carbocycles. The van der Waals surface area contributed by atoms with Crippen LogP contribution in [0.1, 0.15) is 50.1 Å². The number of pyridine rings is 1. The van der Waals surface area contributed by atoms with Gasteiger partial charge in [0.25, 0.3) is 15.6 Å². The van der Waals surface area contributed by atoms with Crippen molar-refractivity contribution in [2.75, 3.05) is 17.8 Å². The van der Waals surface area contributed by atoms with Gasteiger partial charge in [-0.1, -0.05) is 25.3 Å². The van der Waals surface area contributed by atoms with E-state index >= 15 is 0 Å². The summed E-state index contributed by atoms with van der Waals surface area (Å²) in [5.41, 5.74) is 0.618. The Bertz CT molecular complexity index is 1150. The van der Waals surface area contributed by atoms with Gasteiger partial charge in [-0.25, -0.2) is 13.2 Å². The second-order valence-corrected chi connectivity index (χ2v) is 12.0. The van der Waals surface area contributed by atoms with Crippen LogP contribution >= 0.6 is 11.3 Å². The summed E-state index contributed by atoms with van der Waals surface area (Å²) in [5, 5.41) is 4.89. The van der Waals surface area contributed by atoms with E-state index in [0.29, 0.717) is 19.6 Å². The highest BCUT2D eigenvalue weighted by atomic mass is 32.2. The lowest BCUT2D eigenvalue weighted by Gasteiger charge is -2.43. The van der Waals surface area contributed by atoms with Crippen molar-refractivity contribution in [3.63, 3.8) is 0 Å². The van der Waals surface area contributed by atoms with E-state index in [4.69, 9.17) is 0 Å². The normalized spacial score (nSPS) is 23.4. The van der Waals surface area contributed by atoms with Crippen LogP contribution in [0, 0.1) is 5.92 Å². The predicted octanol–water partition coefficient (Wildman–Crippen LogP) is 3.17. The standard InChI is InChI=1S/C22H28N4O4S2/c27-21-18(24-32(29,30)20-7-4-10-31-20)8-9-19-16-11-15(13-26(19)21)12-25(14-16)22(28)23-17-5-2-1-3-6-17/h4,7-10,15-17,24H,1-3,5-6,11-14H2,(H,23,28)/t15-,16+/m0/s1. The van der Waals surface area contributed by atoms with Crippen LogP contribution in [-0.2, 0) is 16.6 Å². The molecule has 4 heterocycles. The molecule has 8 nitrogen and oxygen atoms in total. The van der Waals surface area contributed by atoms with Crippen molar-refractivity contribution < 1.29 is 13.2 Å². The van der Waals surface area contributed by atoms with Crippen molar-refractivity contribution in [1.29, 1.82) is 0 Å². The number of urea groups is 1. The minimum Gasteiger partial charge on any atom is -0.335 e. The second-order valence-electron chi connectivity index (χ2n) is 9.11. The number of aromatic nitrogens is 1. The fourth-order valence-electron chi connectivity index (χ4n) is 5.31. The number of hydrogen-bond acceptors (Lipinski definition) is 5. The molecule has 5 rings (SSSR count). The maximum Gasteiger partial charge on any atom is 0.317 e. The smallest absolute Gasteiger partial charge is 0.317 e. The van der Waals surface area contributed by atoms with Gasteiger partial charge in [-0.2, -0.15) is 0 Å². The van der Waals surface area contributed by atoms with Crippen LogP contribution < -0.4 is 15.6 Å². The van der Waals surface area contributed by atoms with Gasteiger partial charge in [-0.15, -0.1) is 11.3 Å². The highest BCUT2D eigenvalue weighted by molar-refractivity contribution is 7.94. The van der Waals surface area contributed by atoms with E-state index < -0.39 is 10.0 Å². The van der Waals surface area contributed by atoms with Gasteiger partial charge in [0.2, 0.25) is 0 Å². The molecule has 2 N–H and O–H groups in total. The molecule has 2 aromatic heterocycles. The van der Waals surface area contributed by atoms with Crippen molar-refractivity contribution >= 4 is 33.1 Å². The largest absolute Gasteiger partial charge is 0.335 e.